The van der Waals surface area contributed by atoms with Gasteiger partial charge in [0.15, 0.2) is 0 Å². The molecule has 0 heterocycles. The van der Waals surface area contributed by atoms with Crippen molar-refractivity contribution in [2.45, 2.75) is 19.4 Å². The molecule has 1 N–H and O–H groups in total. The van der Waals surface area contributed by atoms with Crippen LogP contribution in [-0.2, 0) is 18.1 Å². The highest BCUT2D eigenvalue weighted by molar-refractivity contribution is 6.60. The Labute approximate surface area is 98.1 Å². The van der Waals surface area contributed by atoms with Crippen molar-refractivity contribution in [2.75, 3.05) is 27.4 Å². The zero-order valence-corrected chi connectivity index (χ0v) is 11.2. The van der Waals surface area contributed by atoms with E-state index in [-0.39, 0.29) is 5.91 Å². The van der Waals surface area contributed by atoms with Crippen LogP contribution in [0.3, 0.4) is 0 Å². The summed E-state index contributed by atoms with van der Waals surface area (Å²) in [6, 6.07) is 0.686. The molecule has 0 fully saturated rings. The summed E-state index contributed by atoms with van der Waals surface area (Å²) in [5.41, 5.74) is 0. The van der Waals surface area contributed by atoms with Crippen LogP contribution in [0.4, 0.5) is 0 Å². The van der Waals surface area contributed by atoms with Crippen LogP contribution in [0.15, 0.2) is 12.7 Å². The molecule has 1 amide bonds. The topological polar surface area (TPSA) is 56.8 Å². The first-order valence-electron chi connectivity index (χ1n) is 5.28. The van der Waals surface area contributed by atoms with Gasteiger partial charge in [0.2, 0.25) is 5.91 Å². The maximum absolute atomic E-state index is 10.9. The van der Waals surface area contributed by atoms with Crippen molar-refractivity contribution in [2.24, 2.45) is 0 Å². The number of hydrogen-bond acceptors (Lipinski definition) is 4. The van der Waals surface area contributed by atoms with Gasteiger partial charge in [0.25, 0.3) is 0 Å². The highest BCUT2D eigenvalue weighted by Crippen LogP contribution is 2.15. The number of nitrogens with one attached hydrogen (secondary N) is 1. The average Bonchev–Trinajstić information content (AvgIpc) is 2.32. The fourth-order valence-electron chi connectivity index (χ4n) is 1.29. The van der Waals surface area contributed by atoms with Gasteiger partial charge in [-0.1, -0.05) is 6.58 Å². The van der Waals surface area contributed by atoms with Crippen molar-refractivity contribution >= 4 is 14.7 Å². The first-order chi connectivity index (χ1) is 7.64. The first kappa shape index (κ1) is 15.3. The van der Waals surface area contributed by atoms with Crippen LogP contribution in [0.2, 0.25) is 6.04 Å². The highest BCUT2D eigenvalue weighted by atomic mass is 28.4. The summed E-state index contributed by atoms with van der Waals surface area (Å²) in [6.07, 6.45) is 2.01. The zero-order valence-electron chi connectivity index (χ0n) is 10.2. The van der Waals surface area contributed by atoms with Gasteiger partial charge >= 0.3 is 8.80 Å². The SMILES string of the molecule is C=CC(=O)NCCC[Si](OC)(OC)OCC. The fraction of sp³-hybridized carbons (Fsp3) is 0.700. The van der Waals surface area contributed by atoms with Gasteiger partial charge in [-0.2, -0.15) is 0 Å². The number of carbonyl (C=O) groups is 1. The van der Waals surface area contributed by atoms with Crippen molar-refractivity contribution in [1.29, 1.82) is 0 Å². The van der Waals surface area contributed by atoms with Gasteiger partial charge in [-0.05, 0) is 19.4 Å². The molecule has 0 aliphatic rings. The third kappa shape index (κ3) is 5.41. The van der Waals surface area contributed by atoms with Crippen LogP contribution in [-0.4, -0.2) is 42.1 Å². The second-order valence-corrected chi connectivity index (χ2v) is 6.09. The van der Waals surface area contributed by atoms with Gasteiger partial charge in [-0.3, -0.25) is 4.79 Å². The molecule has 94 valence electrons. The molecule has 0 aromatic rings. The summed E-state index contributed by atoms with van der Waals surface area (Å²) >= 11 is 0. The normalized spacial score (nSPS) is 11.2. The highest BCUT2D eigenvalue weighted by Gasteiger charge is 2.37. The molecule has 0 rings (SSSR count). The number of carbonyl (C=O) groups excluding carboxylic acids is 1. The molecule has 0 aliphatic carbocycles. The molecular weight excluding hydrogens is 226 g/mol. The summed E-state index contributed by atoms with van der Waals surface area (Å²) in [5, 5.41) is 2.69. The maximum Gasteiger partial charge on any atom is 0.500 e. The monoisotopic (exact) mass is 247 g/mol. The van der Waals surface area contributed by atoms with Gasteiger partial charge in [-0.25, -0.2) is 0 Å². The number of hydrogen-bond donors (Lipinski definition) is 1. The molecule has 0 bridgehead atoms. The van der Waals surface area contributed by atoms with Gasteiger partial charge in [-0.15, -0.1) is 0 Å². The van der Waals surface area contributed by atoms with E-state index in [0.29, 0.717) is 19.2 Å². The average molecular weight is 247 g/mol. The third-order valence-corrected chi connectivity index (χ3v) is 5.07. The Kier molecular flexibility index (Phi) is 8.09. The van der Waals surface area contributed by atoms with E-state index in [1.807, 2.05) is 6.92 Å². The second kappa shape index (κ2) is 8.46. The molecule has 0 spiro atoms. The van der Waals surface area contributed by atoms with Crippen molar-refractivity contribution in [3.8, 4) is 0 Å². The summed E-state index contributed by atoms with van der Waals surface area (Å²) in [4.78, 5) is 10.9. The molecule has 5 nitrogen and oxygen atoms in total. The van der Waals surface area contributed by atoms with Crippen LogP contribution in [0, 0.1) is 0 Å². The summed E-state index contributed by atoms with van der Waals surface area (Å²) in [7, 11) is 0.679. The Bertz CT molecular complexity index is 219. The van der Waals surface area contributed by atoms with Gasteiger partial charge in [0.05, 0.1) is 0 Å². The largest absolute Gasteiger partial charge is 0.500 e. The molecule has 0 aromatic heterocycles. The third-order valence-electron chi connectivity index (χ3n) is 2.13. The van der Waals surface area contributed by atoms with Crippen LogP contribution in [0.25, 0.3) is 0 Å². The lowest BCUT2D eigenvalue weighted by Gasteiger charge is -2.25. The van der Waals surface area contributed by atoms with E-state index >= 15 is 0 Å². The standard InChI is InChI=1S/C10H21NO4Si/c1-5-10(12)11-8-7-9-16(13-3,14-4)15-6-2/h5H,1,6-9H2,2-4H3,(H,11,12). The predicted molar refractivity (Wildman–Crippen MR) is 64.0 cm³/mol. The maximum atomic E-state index is 10.9. The van der Waals surface area contributed by atoms with Crippen molar-refractivity contribution in [3.63, 3.8) is 0 Å². The van der Waals surface area contributed by atoms with Crippen LogP contribution in [0.1, 0.15) is 13.3 Å². The summed E-state index contributed by atoms with van der Waals surface area (Å²) in [5.74, 6) is -0.168. The Morgan fingerprint density at radius 2 is 2.06 bits per heavy atom. The molecule has 16 heavy (non-hydrogen) atoms. The van der Waals surface area contributed by atoms with Crippen molar-refractivity contribution in [3.05, 3.63) is 12.7 Å². The minimum atomic E-state index is -2.50. The van der Waals surface area contributed by atoms with Crippen molar-refractivity contribution in [1.82, 2.24) is 5.32 Å². The van der Waals surface area contributed by atoms with Crippen LogP contribution < -0.4 is 5.32 Å². The summed E-state index contributed by atoms with van der Waals surface area (Å²) < 4.78 is 16.2. The van der Waals surface area contributed by atoms with E-state index in [1.54, 1.807) is 14.2 Å². The molecular formula is C10H21NO4Si. The minimum absolute atomic E-state index is 0.168. The van der Waals surface area contributed by atoms with Crippen LogP contribution >= 0.6 is 0 Å². The van der Waals surface area contributed by atoms with E-state index in [4.69, 9.17) is 13.3 Å². The van der Waals surface area contributed by atoms with E-state index in [2.05, 4.69) is 11.9 Å². The van der Waals surface area contributed by atoms with Crippen LogP contribution in [0.5, 0.6) is 0 Å². The Morgan fingerprint density at radius 3 is 2.50 bits per heavy atom. The van der Waals surface area contributed by atoms with Gasteiger partial charge in [0, 0.05) is 33.4 Å². The quantitative estimate of drug-likeness (QED) is 0.374. The lowest BCUT2D eigenvalue weighted by Crippen LogP contribution is -2.44. The Hall–Kier alpha value is -0.693. The molecule has 0 aliphatic heterocycles. The molecule has 0 atom stereocenters. The molecule has 0 unspecified atom stereocenters. The smallest absolute Gasteiger partial charge is 0.377 e. The first-order valence-corrected chi connectivity index (χ1v) is 7.21. The lowest BCUT2D eigenvalue weighted by molar-refractivity contribution is -0.116. The van der Waals surface area contributed by atoms with E-state index in [0.717, 1.165) is 6.42 Å². The van der Waals surface area contributed by atoms with E-state index < -0.39 is 8.80 Å². The fourth-order valence-corrected chi connectivity index (χ4v) is 3.29. The molecule has 0 aromatic carbocycles. The summed E-state index contributed by atoms with van der Waals surface area (Å²) in [6.45, 7) is 6.41. The van der Waals surface area contributed by atoms with E-state index in [1.165, 1.54) is 6.08 Å². The number of amides is 1. The predicted octanol–water partition coefficient (Wildman–Crippen LogP) is 0.947. The Morgan fingerprint density at radius 1 is 1.44 bits per heavy atom. The molecule has 0 saturated heterocycles. The molecule has 0 radical (unpaired) electrons. The second-order valence-electron chi connectivity index (χ2n) is 3.12. The number of rotatable bonds is 9. The lowest BCUT2D eigenvalue weighted by atomic mass is 10.4. The minimum Gasteiger partial charge on any atom is -0.377 e. The van der Waals surface area contributed by atoms with Gasteiger partial charge in [0.1, 0.15) is 0 Å². The molecule has 6 heteroatoms. The molecule has 0 saturated carbocycles. The Balaban J connectivity index is 3.92. The van der Waals surface area contributed by atoms with Crippen molar-refractivity contribution < 1.29 is 18.1 Å². The van der Waals surface area contributed by atoms with Gasteiger partial charge < -0.3 is 18.6 Å². The zero-order chi connectivity index (χ0) is 12.4. The van der Waals surface area contributed by atoms with E-state index in [9.17, 15) is 4.79 Å².